The lowest BCUT2D eigenvalue weighted by atomic mass is 9.93. The minimum Gasteiger partial charge on any atom is -0.368 e. The summed E-state index contributed by atoms with van der Waals surface area (Å²) >= 11 is 0. The summed E-state index contributed by atoms with van der Waals surface area (Å²) < 4.78 is 18.3. The third kappa shape index (κ3) is 5.64. The van der Waals surface area contributed by atoms with Gasteiger partial charge in [0.25, 0.3) is 5.56 Å². The van der Waals surface area contributed by atoms with Crippen molar-refractivity contribution in [2.24, 2.45) is 5.41 Å². The number of hydrogen-bond donors (Lipinski definition) is 3. The number of anilines is 1. The fourth-order valence-electron chi connectivity index (χ4n) is 3.35. The molecular formula is C24H25FN6O3. The molecule has 0 radical (unpaired) electrons. The Balaban J connectivity index is 1.26. The van der Waals surface area contributed by atoms with E-state index in [1.807, 2.05) is 26.0 Å². The molecule has 2 heterocycles. The van der Waals surface area contributed by atoms with Crippen LogP contribution in [0.25, 0.3) is 22.2 Å². The first-order valence-electron chi connectivity index (χ1n) is 10.9. The summed E-state index contributed by atoms with van der Waals surface area (Å²) in [4.78, 5) is 28.5. The molecule has 2 aromatic carbocycles. The predicted molar refractivity (Wildman–Crippen MR) is 126 cm³/mol. The fraction of sp³-hybridized carbons (Fsp3) is 0.292. The van der Waals surface area contributed by atoms with Gasteiger partial charge in [0.2, 0.25) is 17.6 Å². The van der Waals surface area contributed by atoms with Crippen molar-refractivity contribution in [1.82, 2.24) is 25.7 Å². The van der Waals surface area contributed by atoms with Crippen LogP contribution in [-0.4, -0.2) is 39.3 Å². The number of H-pyrrole nitrogens is 1. The van der Waals surface area contributed by atoms with Crippen molar-refractivity contribution in [2.45, 2.75) is 26.7 Å². The minimum absolute atomic E-state index is 0.137. The van der Waals surface area contributed by atoms with Gasteiger partial charge in [0, 0.05) is 36.9 Å². The third-order valence-electron chi connectivity index (χ3n) is 5.33. The number of fused-ring (bicyclic) bond motifs is 1. The Bertz CT molecular complexity index is 1350. The summed E-state index contributed by atoms with van der Waals surface area (Å²) in [7, 11) is 0. The van der Waals surface area contributed by atoms with Gasteiger partial charge in [-0.1, -0.05) is 37.2 Å². The van der Waals surface area contributed by atoms with E-state index in [-0.39, 0.29) is 29.1 Å². The second kappa shape index (κ2) is 9.82. The van der Waals surface area contributed by atoms with Gasteiger partial charge in [0.05, 0.1) is 5.39 Å². The molecule has 0 spiro atoms. The van der Waals surface area contributed by atoms with Crippen LogP contribution in [0.5, 0.6) is 0 Å². The first kappa shape index (κ1) is 23.1. The standard InChI is InChI=1S/C24H25FN6O3/c1-24(2,14-27-22-17-5-3-4-6-18(17)23(33)30-29-22)13-26-19(32)11-12-20-28-21(31-34-20)15-7-9-16(25)10-8-15/h3-10H,11-14H2,1-2H3,(H,26,32)(H,27,29)(H,30,33). The first-order chi connectivity index (χ1) is 16.3. The van der Waals surface area contributed by atoms with Crippen molar-refractivity contribution in [1.29, 1.82) is 0 Å². The molecule has 0 aliphatic rings. The van der Waals surface area contributed by atoms with Gasteiger partial charge in [-0.25, -0.2) is 9.49 Å². The number of benzene rings is 2. The number of carbonyl (C=O) groups excluding carboxylic acids is 1. The highest BCUT2D eigenvalue weighted by molar-refractivity contribution is 5.90. The van der Waals surface area contributed by atoms with Gasteiger partial charge in [-0.3, -0.25) is 9.59 Å². The molecule has 1 amide bonds. The molecule has 3 N–H and O–H groups in total. The number of aryl methyl sites for hydroxylation is 1. The van der Waals surface area contributed by atoms with E-state index in [2.05, 4.69) is 31.0 Å². The second-order valence-corrected chi connectivity index (χ2v) is 8.76. The monoisotopic (exact) mass is 464 g/mol. The average molecular weight is 465 g/mol. The van der Waals surface area contributed by atoms with Crippen molar-refractivity contribution >= 4 is 22.5 Å². The van der Waals surface area contributed by atoms with Crippen LogP contribution in [0.15, 0.2) is 57.8 Å². The first-order valence-corrected chi connectivity index (χ1v) is 10.9. The quantitative estimate of drug-likeness (QED) is 0.347. The normalized spacial score (nSPS) is 11.5. The van der Waals surface area contributed by atoms with E-state index in [0.29, 0.717) is 48.0 Å². The highest BCUT2D eigenvalue weighted by atomic mass is 19.1. The number of nitrogens with one attached hydrogen (secondary N) is 3. The molecule has 0 aliphatic heterocycles. The number of aromatic amines is 1. The van der Waals surface area contributed by atoms with Crippen molar-refractivity contribution in [2.75, 3.05) is 18.4 Å². The summed E-state index contributed by atoms with van der Waals surface area (Å²) in [6.45, 7) is 4.99. The van der Waals surface area contributed by atoms with E-state index in [4.69, 9.17) is 4.52 Å². The van der Waals surface area contributed by atoms with E-state index in [0.717, 1.165) is 5.39 Å². The molecule has 0 fully saturated rings. The van der Waals surface area contributed by atoms with Gasteiger partial charge in [0.15, 0.2) is 5.82 Å². The van der Waals surface area contributed by atoms with Gasteiger partial charge in [-0.05, 0) is 35.7 Å². The maximum absolute atomic E-state index is 13.1. The van der Waals surface area contributed by atoms with Gasteiger partial charge in [-0.15, -0.1) is 0 Å². The van der Waals surface area contributed by atoms with E-state index in [1.165, 1.54) is 12.1 Å². The molecule has 176 valence electrons. The number of amides is 1. The SMILES string of the molecule is CC(C)(CNC(=O)CCc1nc(-c2ccc(F)cc2)no1)CNc1n[nH]c(=O)c2ccccc12. The average Bonchev–Trinajstić information content (AvgIpc) is 3.31. The van der Waals surface area contributed by atoms with Crippen molar-refractivity contribution in [3.05, 3.63) is 70.6 Å². The molecular weight excluding hydrogens is 439 g/mol. The zero-order valence-electron chi connectivity index (χ0n) is 18.9. The lowest BCUT2D eigenvalue weighted by molar-refractivity contribution is -0.121. The van der Waals surface area contributed by atoms with Crippen LogP contribution in [0.1, 0.15) is 26.2 Å². The lowest BCUT2D eigenvalue weighted by Gasteiger charge is -2.25. The van der Waals surface area contributed by atoms with Crippen molar-refractivity contribution < 1.29 is 13.7 Å². The molecule has 0 unspecified atom stereocenters. The Morgan fingerprint density at radius 1 is 1.09 bits per heavy atom. The highest BCUT2D eigenvalue weighted by Crippen LogP contribution is 2.20. The Labute approximate surface area is 194 Å². The van der Waals surface area contributed by atoms with Crippen LogP contribution in [0, 0.1) is 11.2 Å². The maximum atomic E-state index is 13.1. The predicted octanol–water partition coefficient (Wildman–Crippen LogP) is 3.30. The summed E-state index contributed by atoms with van der Waals surface area (Å²) in [6, 6.07) is 13.0. The van der Waals surface area contributed by atoms with Crippen LogP contribution >= 0.6 is 0 Å². The van der Waals surface area contributed by atoms with Gasteiger partial charge < -0.3 is 15.2 Å². The number of rotatable bonds is 9. The molecule has 4 aromatic rings. The van der Waals surface area contributed by atoms with Crippen LogP contribution < -0.4 is 16.2 Å². The van der Waals surface area contributed by atoms with Crippen LogP contribution in [0.2, 0.25) is 0 Å². The largest absolute Gasteiger partial charge is 0.368 e. The number of hydrogen-bond acceptors (Lipinski definition) is 7. The number of aromatic nitrogens is 4. The number of halogens is 1. The van der Waals surface area contributed by atoms with E-state index in [1.54, 1.807) is 24.3 Å². The summed E-state index contributed by atoms with van der Waals surface area (Å²) in [5.74, 6) is 0.799. The smallest absolute Gasteiger partial charge is 0.272 e. The molecule has 0 saturated carbocycles. The molecule has 0 bridgehead atoms. The zero-order valence-corrected chi connectivity index (χ0v) is 18.9. The summed E-state index contributed by atoms with van der Waals surface area (Å²) in [5, 5.41) is 18.0. The highest BCUT2D eigenvalue weighted by Gasteiger charge is 2.20. The number of carbonyl (C=O) groups is 1. The molecule has 9 nitrogen and oxygen atoms in total. The Kier molecular flexibility index (Phi) is 6.67. The second-order valence-electron chi connectivity index (χ2n) is 8.76. The molecule has 0 atom stereocenters. The Morgan fingerprint density at radius 3 is 2.59 bits per heavy atom. The maximum Gasteiger partial charge on any atom is 0.272 e. The summed E-state index contributed by atoms with van der Waals surface area (Å²) in [6.07, 6.45) is 0.493. The molecule has 0 aliphatic carbocycles. The van der Waals surface area contributed by atoms with Crippen molar-refractivity contribution in [3.8, 4) is 11.4 Å². The third-order valence-corrected chi connectivity index (χ3v) is 5.33. The molecule has 10 heteroatoms. The molecule has 34 heavy (non-hydrogen) atoms. The van der Waals surface area contributed by atoms with E-state index >= 15 is 0 Å². The van der Waals surface area contributed by atoms with Crippen LogP contribution in [0.3, 0.4) is 0 Å². The van der Waals surface area contributed by atoms with Gasteiger partial charge in [-0.2, -0.15) is 10.1 Å². The molecule has 2 aromatic heterocycles. The van der Waals surface area contributed by atoms with Crippen LogP contribution in [0.4, 0.5) is 10.2 Å². The van der Waals surface area contributed by atoms with E-state index in [9.17, 15) is 14.0 Å². The fourth-order valence-corrected chi connectivity index (χ4v) is 3.35. The number of nitrogens with zero attached hydrogens (tertiary/aromatic N) is 3. The van der Waals surface area contributed by atoms with Gasteiger partial charge in [0.1, 0.15) is 5.82 Å². The zero-order chi connectivity index (χ0) is 24.1. The van der Waals surface area contributed by atoms with E-state index < -0.39 is 0 Å². The minimum atomic E-state index is -0.342. The Morgan fingerprint density at radius 2 is 1.82 bits per heavy atom. The molecule has 4 rings (SSSR count). The Hall–Kier alpha value is -4.08. The topological polar surface area (TPSA) is 126 Å². The van der Waals surface area contributed by atoms with Crippen LogP contribution in [-0.2, 0) is 11.2 Å². The van der Waals surface area contributed by atoms with Gasteiger partial charge >= 0.3 is 0 Å². The lowest BCUT2D eigenvalue weighted by Crippen LogP contribution is -2.38. The van der Waals surface area contributed by atoms with Crippen molar-refractivity contribution in [3.63, 3.8) is 0 Å². The summed E-state index contributed by atoms with van der Waals surface area (Å²) in [5.41, 5.74) is 0.119. The molecule has 0 saturated heterocycles.